The Hall–Kier alpha value is -3.42. The van der Waals surface area contributed by atoms with Gasteiger partial charge in [0.2, 0.25) is 5.78 Å². The molecular weight excluding hydrogens is 294 g/mol. The number of aromatic hydroxyl groups is 3. The van der Waals surface area contributed by atoms with Crippen LogP contribution in [0.5, 0.6) is 17.2 Å². The van der Waals surface area contributed by atoms with Crippen LogP contribution >= 0.6 is 0 Å². The minimum atomic E-state index is -0.934. The van der Waals surface area contributed by atoms with Crippen LogP contribution in [0.15, 0.2) is 24.3 Å². The highest BCUT2D eigenvalue weighted by Gasteiger charge is 2.39. The van der Waals surface area contributed by atoms with E-state index in [0.29, 0.717) is 6.07 Å². The molecule has 0 fully saturated rings. The molecule has 3 N–H and O–H groups in total. The zero-order chi connectivity index (χ0) is 16.2. The number of benzene rings is 2. The largest absolute Gasteiger partial charge is 0.508 e. The molecule has 0 radical (unpaired) electrons. The number of phenolic OH excluding ortho intramolecular Hbond substituents is 3. The summed E-state index contributed by atoms with van der Waals surface area (Å²) in [7, 11) is 0. The Morgan fingerprint density at radius 3 is 2.18 bits per heavy atom. The first-order valence-electron chi connectivity index (χ1n) is 5.98. The number of nitro groups is 1. The third-order valence-electron chi connectivity index (χ3n) is 3.40. The van der Waals surface area contributed by atoms with E-state index in [1.54, 1.807) is 0 Å². The van der Waals surface area contributed by atoms with Crippen molar-refractivity contribution in [3.8, 4) is 17.2 Å². The van der Waals surface area contributed by atoms with E-state index in [-0.39, 0.29) is 16.9 Å². The zero-order valence-electron chi connectivity index (χ0n) is 10.7. The number of nitrogens with zero attached hydrogens (tertiary/aromatic N) is 1. The van der Waals surface area contributed by atoms with Crippen LogP contribution in [0.25, 0.3) is 0 Å². The molecule has 0 saturated heterocycles. The molecule has 0 bridgehead atoms. The van der Waals surface area contributed by atoms with Crippen LogP contribution in [0, 0.1) is 10.1 Å². The highest BCUT2D eigenvalue weighted by Crippen LogP contribution is 2.43. The van der Waals surface area contributed by atoms with Gasteiger partial charge in [-0.15, -0.1) is 0 Å². The molecule has 0 unspecified atom stereocenters. The Morgan fingerprint density at radius 1 is 0.909 bits per heavy atom. The van der Waals surface area contributed by atoms with Crippen molar-refractivity contribution in [1.82, 2.24) is 0 Å². The summed E-state index contributed by atoms with van der Waals surface area (Å²) in [6.45, 7) is 0. The van der Waals surface area contributed by atoms with Crippen molar-refractivity contribution >= 4 is 17.3 Å². The van der Waals surface area contributed by atoms with Gasteiger partial charge in [0.15, 0.2) is 17.3 Å². The van der Waals surface area contributed by atoms with E-state index >= 15 is 0 Å². The molecule has 110 valence electrons. The highest BCUT2D eigenvalue weighted by molar-refractivity contribution is 6.31. The number of hydrogen-bond acceptors (Lipinski definition) is 7. The molecule has 8 heteroatoms. The fourth-order valence-electron chi connectivity index (χ4n) is 2.43. The lowest BCUT2D eigenvalue weighted by atomic mass is 9.82. The average Bonchev–Trinajstić information content (AvgIpc) is 2.46. The Labute approximate surface area is 122 Å². The molecule has 22 heavy (non-hydrogen) atoms. The molecule has 3 rings (SSSR count). The number of carbonyl (C=O) groups excluding carboxylic acids is 2. The fourth-order valence-corrected chi connectivity index (χ4v) is 2.43. The van der Waals surface area contributed by atoms with Gasteiger partial charge < -0.3 is 15.3 Å². The number of phenols is 3. The molecule has 1 aliphatic rings. The van der Waals surface area contributed by atoms with E-state index in [1.165, 1.54) is 12.1 Å². The number of nitro benzene ring substituents is 1. The normalized spacial score (nSPS) is 12.7. The van der Waals surface area contributed by atoms with Gasteiger partial charge in [-0.3, -0.25) is 19.7 Å². The number of hydrogen-bond donors (Lipinski definition) is 3. The predicted octanol–water partition coefficient (Wildman–Crippen LogP) is 1.49. The lowest BCUT2D eigenvalue weighted by molar-refractivity contribution is -0.385. The maximum Gasteiger partial charge on any atom is 0.285 e. The predicted molar refractivity (Wildman–Crippen MR) is 71.4 cm³/mol. The molecule has 0 aliphatic heterocycles. The van der Waals surface area contributed by atoms with Gasteiger partial charge in [0.05, 0.1) is 16.6 Å². The van der Waals surface area contributed by atoms with E-state index in [0.717, 1.165) is 6.07 Å². The molecule has 0 saturated carbocycles. The van der Waals surface area contributed by atoms with Crippen molar-refractivity contribution in [1.29, 1.82) is 0 Å². The minimum Gasteiger partial charge on any atom is -0.508 e. The maximum absolute atomic E-state index is 12.4. The Bertz CT molecular complexity index is 885. The summed E-state index contributed by atoms with van der Waals surface area (Å²) < 4.78 is 0. The van der Waals surface area contributed by atoms with E-state index in [9.17, 15) is 35.0 Å². The molecule has 0 amide bonds. The highest BCUT2D eigenvalue weighted by atomic mass is 16.6. The Balaban J connectivity index is 2.44. The summed E-state index contributed by atoms with van der Waals surface area (Å²) in [5.41, 5.74) is -2.34. The lowest BCUT2D eigenvalue weighted by Crippen LogP contribution is -2.22. The first-order chi connectivity index (χ1) is 10.3. The van der Waals surface area contributed by atoms with E-state index in [4.69, 9.17) is 0 Å². The smallest absolute Gasteiger partial charge is 0.285 e. The van der Waals surface area contributed by atoms with Gasteiger partial charge in [-0.1, -0.05) is 0 Å². The minimum absolute atomic E-state index is 0.120. The van der Waals surface area contributed by atoms with Crippen molar-refractivity contribution in [2.24, 2.45) is 0 Å². The van der Waals surface area contributed by atoms with Gasteiger partial charge in [0.25, 0.3) is 5.69 Å². The Kier molecular flexibility index (Phi) is 2.64. The lowest BCUT2D eigenvalue weighted by Gasteiger charge is -2.18. The van der Waals surface area contributed by atoms with Crippen molar-refractivity contribution in [2.45, 2.75) is 0 Å². The second kappa shape index (κ2) is 4.29. The fraction of sp³-hybridized carbons (Fsp3) is 0. The van der Waals surface area contributed by atoms with E-state index in [2.05, 4.69) is 0 Å². The molecule has 8 nitrogen and oxygen atoms in total. The maximum atomic E-state index is 12.4. The van der Waals surface area contributed by atoms with Crippen molar-refractivity contribution in [2.75, 3.05) is 0 Å². The average molecular weight is 301 g/mol. The quantitative estimate of drug-likeness (QED) is 0.351. The van der Waals surface area contributed by atoms with Crippen molar-refractivity contribution < 1.29 is 29.8 Å². The molecule has 0 aromatic heterocycles. The van der Waals surface area contributed by atoms with Gasteiger partial charge in [-0.25, -0.2) is 0 Å². The molecular formula is C14H7NO7. The first-order valence-corrected chi connectivity index (χ1v) is 5.98. The third-order valence-corrected chi connectivity index (χ3v) is 3.40. The molecule has 2 aromatic carbocycles. The summed E-state index contributed by atoms with van der Waals surface area (Å²) in [5, 5.41) is 39.9. The number of rotatable bonds is 1. The summed E-state index contributed by atoms with van der Waals surface area (Å²) >= 11 is 0. The van der Waals surface area contributed by atoms with Gasteiger partial charge in [0, 0.05) is 11.1 Å². The topological polar surface area (TPSA) is 138 Å². The molecule has 0 heterocycles. The molecule has 0 spiro atoms. The summed E-state index contributed by atoms with van der Waals surface area (Å²) in [6.07, 6.45) is 0. The van der Waals surface area contributed by atoms with Crippen LogP contribution in [0.4, 0.5) is 5.69 Å². The van der Waals surface area contributed by atoms with Crippen LogP contribution in [-0.2, 0) is 0 Å². The first kappa shape index (κ1) is 13.6. The molecule has 2 aromatic rings. The number of ketones is 2. The van der Waals surface area contributed by atoms with Crippen LogP contribution in [0.1, 0.15) is 31.8 Å². The van der Waals surface area contributed by atoms with Crippen LogP contribution in [0.3, 0.4) is 0 Å². The second-order valence-electron chi connectivity index (χ2n) is 4.66. The van der Waals surface area contributed by atoms with Crippen molar-refractivity contribution in [3.63, 3.8) is 0 Å². The Morgan fingerprint density at radius 2 is 1.55 bits per heavy atom. The summed E-state index contributed by atoms with van der Waals surface area (Å²) in [4.78, 5) is 35.0. The van der Waals surface area contributed by atoms with E-state index < -0.39 is 44.8 Å². The second-order valence-corrected chi connectivity index (χ2v) is 4.66. The zero-order valence-corrected chi connectivity index (χ0v) is 10.7. The standard InChI is InChI=1S/C14H7NO7/c16-5-1-2-6-7(3-5)13(19)10-8(15(21)22)4-9(17)14(20)11(10)12(6)18/h1-4,16-17,20H. The van der Waals surface area contributed by atoms with E-state index in [1.807, 2.05) is 0 Å². The van der Waals surface area contributed by atoms with Gasteiger partial charge in [0.1, 0.15) is 11.3 Å². The van der Waals surface area contributed by atoms with Gasteiger partial charge >= 0.3 is 0 Å². The number of fused-ring (bicyclic) bond motifs is 2. The van der Waals surface area contributed by atoms with Crippen LogP contribution in [0.2, 0.25) is 0 Å². The third kappa shape index (κ3) is 1.64. The summed E-state index contributed by atoms with van der Waals surface area (Å²) in [6, 6.07) is 3.96. The van der Waals surface area contributed by atoms with Gasteiger partial charge in [-0.2, -0.15) is 0 Å². The van der Waals surface area contributed by atoms with Crippen LogP contribution < -0.4 is 0 Å². The monoisotopic (exact) mass is 301 g/mol. The molecule has 1 aliphatic carbocycles. The summed E-state index contributed by atoms with van der Waals surface area (Å²) in [5.74, 6) is -3.77. The SMILES string of the molecule is O=C1c2cc(O)ccc2C(=O)c2c(O)c(O)cc([N+](=O)[O-])c21. The number of carbonyl (C=O) groups is 2. The van der Waals surface area contributed by atoms with Gasteiger partial charge in [-0.05, 0) is 18.2 Å². The van der Waals surface area contributed by atoms with Crippen LogP contribution in [-0.4, -0.2) is 31.8 Å². The van der Waals surface area contributed by atoms with Crippen molar-refractivity contribution in [3.05, 3.63) is 56.6 Å². The molecule has 0 atom stereocenters.